The van der Waals surface area contributed by atoms with Gasteiger partial charge in [-0.15, -0.1) is 0 Å². The predicted molar refractivity (Wildman–Crippen MR) is 70.3 cm³/mol. The average molecular weight is 285 g/mol. The van der Waals surface area contributed by atoms with Gasteiger partial charge in [0.25, 0.3) is 0 Å². The van der Waals surface area contributed by atoms with E-state index in [9.17, 15) is 13.6 Å². The first-order chi connectivity index (χ1) is 9.51. The molecular formula is C13H17F2N3O2. The maximum Gasteiger partial charge on any atom is 0.319 e. The van der Waals surface area contributed by atoms with Crippen LogP contribution in [0.1, 0.15) is 13.3 Å². The van der Waals surface area contributed by atoms with Gasteiger partial charge in [0.1, 0.15) is 11.6 Å². The molecule has 2 amide bonds. The summed E-state index contributed by atoms with van der Waals surface area (Å²) in [5.41, 5.74) is 5.70. The van der Waals surface area contributed by atoms with Gasteiger partial charge in [-0.2, -0.15) is 0 Å². The number of carbonyl (C=O) groups is 1. The maximum absolute atomic E-state index is 13.4. The molecule has 20 heavy (non-hydrogen) atoms. The molecule has 0 radical (unpaired) electrons. The second-order valence-electron chi connectivity index (χ2n) is 4.64. The number of halogens is 2. The van der Waals surface area contributed by atoms with Crippen molar-refractivity contribution in [3.63, 3.8) is 0 Å². The number of nitrogens with one attached hydrogen (secondary N) is 2. The molecule has 4 N–H and O–H groups in total. The van der Waals surface area contributed by atoms with Crippen LogP contribution < -0.4 is 16.4 Å². The average Bonchev–Trinajstić information content (AvgIpc) is 2.39. The van der Waals surface area contributed by atoms with Crippen LogP contribution in [0, 0.1) is 11.6 Å². The van der Waals surface area contributed by atoms with Gasteiger partial charge in [-0.25, -0.2) is 13.6 Å². The van der Waals surface area contributed by atoms with Crippen molar-refractivity contribution < 1.29 is 18.3 Å². The molecule has 1 aliphatic carbocycles. The Bertz CT molecular complexity index is 497. The molecule has 1 saturated carbocycles. The number of rotatable bonds is 4. The van der Waals surface area contributed by atoms with Crippen LogP contribution in [-0.2, 0) is 4.74 Å². The van der Waals surface area contributed by atoms with Gasteiger partial charge in [0.2, 0.25) is 0 Å². The smallest absolute Gasteiger partial charge is 0.319 e. The number of amides is 2. The van der Waals surface area contributed by atoms with E-state index in [0.717, 1.165) is 12.1 Å². The largest absolute Gasteiger partial charge is 0.376 e. The third kappa shape index (κ3) is 3.23. The molecule has 0 aromatic heterocycles. The van der Waals surface area contributed by atoms with E-state index in [2.05, 4.69) is 10.6 Å². The molecule has 1 aliphatic rings. The first kappa shape index (κ1) is 14.7. The minimum atomic E-state index is -0.834. The van der Waals surface area contributed by atoms with Crippen molar-refractivity contribution in [2.45, 2.75) is 31.5 Å². The third-order valence-corrected chi connectivity index (χ3v) is 3.22. The van der Waals surface area contributed by atoms with E-state index in [0.29, 0.717) is 19.1 Å². The number of benzene rings is 1. The van der Waals surface area contributed by atoms with E-state index in [4.69, 9.17) is 10.5 Å². The SMILES string of the molecule is CCOC1CC(N)C1NC(=O)Nc1ccc(F)cc1F. The highest BCUT2D eigenvalue weighted by molar-refractivity contribution is 5.89. The zero-order valence-corrected chi connectivity index (χ0v) is 11.0. The molecule has 0 bridgehead atoms. The molecule has 2 rings (SSSR count). The Morgan fingerprint density at radius 3 is 2.85 bits per heavy atom. The normalized spacial score (nSPS) is 24.9. The van der Waals surface area contributed by atoms with E-state index in [1.54, 1.807) is 0 Å². The van der Waals surface area contributed by atoms with Gasteiger partial charge in [0.15, 0.2) is 0 Å². The highest BCUT2D eigenvalue weighted by Crippen LogP contribution is 2.23. The molecule has 0 spiro atoms. The second kappa shape index (κ2) is 6.15. The van der Waals surface area contributed by atoms with Crippen LogP contribution in [-0.4, -0.2) is 30.8 Å². The first-order valence-corrected chi connectivity index (χ1v) is 6.41. The molecule has 1 fully saturated rings. The topological polar surface area (TPSA) is 76.4 Å². The summed E-state index contributed by atoms with van der Waals surface area (Å²) >= 11 is 0. The molecule has 1 aromatic carbocycles. The summed E-state index contributed by atoms with van der Waals surface area (Å²) in [4.78, 5) is 11.8. The molecule has 7 heteroatoms. The summed E-state index contributed by atoms with van der Waals surface area (Å²) < 4.78 is 31.5. The maximum atomic E-state index is 13.4. The van der Waals surface area contributed by atoms with Crippen molar-refractivity contribution in [1.29, 1.82) is 0 Å². The summed E-state index contributed by atoms with van der Waals surface area (Å²) in [6.45, 7) is 2.39. The Labute approximate surface area is 115 Å². The lowest BCUT2D eigenvalue weighted by molar-refractivity contribution is -0.0277. The van der Waals surface area contributed by atoms with Gasteiger partial charge in [0.05, 0.1) is 17.8 Å². The summed E-state index contributed by atoms with van der Waals surface area (Å²) in [6, 6.07) is 1.84. The number of hydrogen-bond donors (Lipinski definition) is 3. The molecule has 5 nitrogen and oxygen atoms in total. The van der Waals surface area contributed by atoms with Gasteiger partial charge in [-0.3, -0.25) is 0 Å². The third-order valence-electron chi connectivity index (χ3n) is 3.22. The van der Waals surface area contributed by atoms with Crippen LogP contribution in [0.2, 0.25) is 0 Å². The van der Waals surface area contributed by atoms with E-state index < -0.39 is 17.7 Å². The lowest BCUT2D eigenvalue weighted by Gasteiger charge is -2.42. The minimum Gasteiger partial charge on any atom is -0.376 e. The zero-order chi connectivity index (χ0) is 14.7. The Morgan fingerprint density at radius 1 is 1.50 bits per heavy atom. The highest BCUT2D eigenvalue weighted by Gasteiger charge is 2.40. The minimum absolute atomic E-state index is 0.0928. The number of anilines is 1. The van der Waals surface area contributed by atoms with Crippen molar-refractivity contribution >= 4 is 11.7 Å². The molecule has 110 valence electrons. The van der Waals surface area contributed by atoms with Crippen molar-refractivity contribution in [2.24, 2.45) is 5.73 Å². The van der Waals surface area contributed by atoms with Crippen molar-refractivity contribution in [2.75, 3.05) is 11.9 Å². The Morgan fingerprint density at radius 2 is 2.25 bits per heavy atom. The molecule has 0 saturated heterocycles. The fourth-order valence-corrected chi connectivity index (χ4v) is 2.13. The predicted octanol–water partition coefficient (Wildman–Crippen LogP) is 1.59. The number of carbonyl (C=O) groups excluding carboxylic acids is 1. The molecule has 3 unspecified atom stereocenters. The van der Waals surface area contributed by atoms with Crippen LogP contribution in [0.15, 0.2) is 18.2 Å². The lowest BCUT2D eigenvalue weighted by Crippen LogP contribution is -2.65. The van der Waals surface area contributed by atoms with Crippen molar-refractivity contribution in [1.82, 2.24) is 5.32 Å². The Hall–Kier alpha value is -1.73. The van der Waals surface area contributed by atoms with Crippen molar-refractivity contribution in [3.05, 3.63) is 29.8 Å². The van der Waals surface area contributed by atoms with Crippen LogP contribution in [0.3, 0.4) is 0 Å². The Balaban J connectivity index is 1.92. The van der Waals surface area contributed by atoms with E-state index in [1.807, 2.05) is 6.92 Å². The zero-order valence-electron chi connectivity index (χ0n) is 11.0. The van der Waals surface area contributed by atoms with Gasteiger partial charge >= 0.3 is 6.03 Å². The molecule has 0 aliphatic heterocycles. The van der Waals surface area contributed by atoms with E-state index in [-0.39, 0.29) is 23.9 Å². The fourth-order valence-electron chi connectivity index (χ4n) is 2.13. The van der Waals surface area contributed by atoms with Crippen LogP contribution in [0.25, 0.3) is 0 Å². The quantitative estimate of drug-likeness (QED) is 0.786. The van der Waals surface area contributed by atoms with Gasteiger partial charge < -0.3 is 21.1 Å². The van der Waals surface area contributed by atoms with Gasteiger partial charge in [-0.1, -0.05) is 0 Å². The number of nitrogens with two attached hydrogens (primary N) is 1. The van der Waals surface area contributed by atoms with E-state index in [1.165, 1.54) is 0 Å². The van der Waals surface area contributed by atoms with E-state index >= 15 is 0 Å². The fraction of sp³-hybridized carbons (Fsp3) is 0.462. The van der Waals surface area contributed by atoms with Crippen LogP contribution >= 0.6 is 0 Å². The summed E-state index contributed by atoms with van der Waals surface area (Å²) in [7, 11) is 0. The van der Waals surface area contributed by atoms with Crippen molar-refractivity contribution in [3.8, 4) is 0 Å². The first-order valence-electron chi connectivity index (χ1n) is 6.41. The monoisotopic (exact) mass is 285 g/mol. The molecule has 0 heterocycles. The van der Waals surface area contributed by atoms with Crippen LogP contribution in [0.4, 0.5) is 19.3 Å². The standard InChI is InChI=1S/C13H17F2N3O2/c1-2-20-11-6-9(16)12(11)18-13(19)17-10-4-3-7(14)5-8(10)15/h3-5,9,11-12H,2,6,16H2,1H3,(H2,17,18,19). The number of urea groups is 1. The molecular weight excluding hydrogens is 268 g/mol. The van der Waals surface area contributed by atoms with Gasteiger partial charge in [-0.05, 0) is 25.5 Å². The molecule has 1 aromatic rings. The highest BCUT2D eigenvalue weighted by atomic mass is 19.1. The lowest BCUT2D eigenvalue weighted by atomic mass is 9.83. The number of hydrogen-bond acceptors (Lipinski definition) is 3. The summed E-state index contributed by atoms with van der Waals surface area (Å²) in [5.74, 6) is -1.54. The second-order valence-corrected chi connectivity index (χ2v) is 4.64. The molecule has 3 atom stereocenters. The van der Waals surface area contributed by atoms with Gasteiger partial charge in [0, 0.05) is 18.7 Å². The number of ether oxygens (including phenoxy) is 1. The van der Waals surface area contributed by atoms with Crippen LogP contribution in [0.5, 0.6) is 0 Å². The summed E-state index contributed by atoms with van der Waals surface area (Å²) in [6.07, 6.45) is 0.544. The Kier molecular flexibility index (Phi) is 4.51. The summed E-state index contributed by atoms with van der Waals surface area (Å²) in [5, 5.41) is 4.95.